The molecule has 0 spiro atoms. The Kier molecular flexibility index (Phi) is 6.83. The first-order valence-electron chi connectivity index (χ1n) is 8.18. The first kappa shape index (κ1) is 19.3. The zero-order valence-corrected chi connectivity index (χ0v) is 15.2. The number of carbonyl (C=O) groups excluding carboxylic acids is 3. The van der Waals surface area contributed by atoms with Crippen LogP contribution in [-0.4, -0.2) is 48.0 Å². The Balaban J connectivity index is 1.98. The smallest absolute Gasteiger partial charge is 0.365 e. The predicted octanol–water partition coefficient (Wildman–Crippen LogP) is 0.624. The van der Waals surface area contributed by atoms with Gasteiger partial charge in [0.05, 0.1) is 29.9 Å². The SMILES string of the molecule is CCOC(=O)[C@@H]([NH3+])CS[C@@H]1CC(=O)N(c2ccc(OCC)cc2)C1=O. The van der Waals surface area contributed by atoms with Crippen LogP contribution in [0.5, 0.6) is 5.75 Å². The number of nitrogens with zero attached hydrogens (tertiary/aromatic N) is 1. The van der Waals surface area contributed by atoms with Crippen LogP contribution in [0.1, 0.15) is 20.3 Å². The molecule has 136 valence electrons. The number of anilines is 1. The lowest BCUT2D eigenvalue weighted by Gasteiger charge is -2.15. The van der Waals surface area contributed by atoms with Crippen LogP contribution >= 0.6 is 11.8 Å². The minimum absolute atomic E-state index is 0.117. The molecule has 0 bridgehead atoms. The first-order valence-corrected chi connectivity index (χ1v) is 9.23. The van der Waals surface area contributed by atoms with E-state index in [1.54, 1.807) is 31.2 Å². The number of benzene rings is 1. The maximum absolute atomic E-state index is 12.6. The Morgan fingerprint density at radius 2 is 1.96 bits per heavy atom. The highest BCUT2D eigenvalue weighted by Crippen LogP contribution is 2.30. The maximum atomic E-state index is 12.6. The molecule has 7 nitrogen and oxygen atoms in total. The van der Waals surface area contributed by atoms with E-state index in [1.807, 2.05) is 6.92 Å². The van der Waals surface area contributed by atoms with Gasteiger partial charge in [-0.2, -0.15) is 0 Å². The molecule has 0 saturated carbocycles. The topological polar surface area (TPSA) is 101 Å². The lowest BCUT2D eigenvalue weighted by atomic mass is 10.3. The van der Waals surface area contributed by atoms with Gasteiger partial charge in [0.25, 0.3) is 0 Å². The molecule has 25 heavy (non-hydrogen) atoms. The minimum atomic E-state index is -0.563. The average Bonchev–Trinajstić information content (AvgIpc) is 2.88. The Labute approximate surface area is 150 Å². The highest BCUT2D eigenvalue weighted by Gasteiger charge is 2.40. The standard InChI is InChI=1S/C17H22N2O5S/c1-3-23-12-7-5-11(6-8-12)19-15(20)9-14(16(19)21)25-10-13(18)17(22)24-4-2/h5-8,13-14H,3-4,9-10,18H2,1-2H3/p+1/t13-,14+/m0/s1. The van der Waals surface area contributed by atoms with Gasteiger partial charge in [0.15, 0.2) is 6.04 Å². The van der Waals surface area contributed by atoms with Gasteiger partial charge in [0.2, 0.25) is 11.8 Å². The highest BCUT2D eigenvalue weighted by atomic mass is 32.2. The quantitative estimate of drug-likeness (QED) is 0.534. The summed E-state index contributed by atoms with van der Waals surface area (Å²) in [5, 5.41) is -0.502. The van der Waals surface area contributed by atoms with Crippen LogP contribution in [-0.2, 0) is 19.1 Å². The molecule has 1 heterocycles. The van der Waals surface area contributed by atoms with Crippen LogP contribution < -0.4 is 15.4 Å². The van der Waals surface area contributed by atoms with Crippen LogP contribution in [0.4, 0.5) is 5.69 Å². The monoisotopic (exact) mass is 367 g/mol. The molecule has 0 radical (unpaired) electrons. The van der Waals surface area contributed by atoms with E-state index >= 15 is 0 Å². The largest absolute Gasteiger partial charge is 0.494 e. The summed E-state index contributed by atoms with van der Waals surface area (Å²) in [4.78, 5) is 37.6. The molecule has 2 amide bonds. The number of ether oxygens (including phenoxy) is 2. The number of thioether (sulfide) groups is 1. The molecule has 1 saturated heterocycles. The third-order valence-electron chi connectivity index (χ3n) is 3.63. The molecule has 0 unspecified atom stereocenters. The van der Waals surface area contributed by atoms with Gasteiger partial charge >= 0.3 is 5.97 Å². The molecule has 1 aromatic rings. The van der Waals surface area contributed by atoms with Gasteiger partial charge in [-0.1, -0.05) is 0 Å². The molecule has 0 aromatic heterocycles. The second kappa shape index (κ2) is 8.87. The molecule has 2 rings (SSSR count). The lowest BCUT2D eigenvalue weighted by molar-refractivity contribution is -0.401. The second-order valence-corrected chi connectivity index (χ2v) is 6.71. The average molecular weight is 367 g/mol. The summed E-state index contributed by atoms with van der Waals surface area (Å²) in [6.07, 6.45) is 0.117. The van der Waals surface area contributed by atoms with Crippen molar-refractivity contribution in [2.45, 2.75) is 31.6 Å². The van der Waals surface area contributed by atoms with Gasteiger partial charge in [0, 0.05) is 6.42 Å². The van der Waals surface area contributed by atoms with Crippen LogP contribution in [0.25, 0.3) is 0 Å². The van der Waals surface area contributed by atoms with E-state index in [-0.39, 0.29) is 18.2 Å². The molecular weight excluding hydrogens is 344 g/mol. The third-order valence-corrected chi connectivity index (χ3v) is 5.00. The first-order chi connectivity index (χ1) is 12.0. The number of amides is 2. The normalized spacial score (nSPS) is 18.4. The lowest BCUT2D eigenvalue weighted by Crippen LogP contribution is -2.66. The van der Waals surface area contributed by atoms with Crippen molar-refractivity contribution in [1.82, 2.24) is 0 Å². The fraction of sp³-hybridized carbons (Fsp3) is 0.471. The maximum Gasteiger partial charge on any atom is 0.365 e. The van der Waals surface area contributed by atoms with E-state index < -0.39 is 17.3 Å². The van der Waals surface area contributed by atoms with Crippen LogP contribution in [0.3, 0.4) is 0 Å². The summed E-state index contributed by atoms with van der Waals surface area (Å²) in [6, 6.07) is 6.28. The zero-order valence-electron chi connectivity index (χ0n) is 14.4. The van der Waals surface area contributed by atoms with Crippen molar-refractivity contribution < 1.29 is 29.6 Å². The van der Waals surface area contributed by atoms with E-state index in [9.17, 15) is 14.4 Å². The second-order valence-electron chi connectivity index (χ2n) is 5.47. The molecule has 3 N–H and O–H groups in total. The van der Waals surface area contributed by atoms with Gasteiger partial charge < -0.3 is 15.2 Å². The zero-order chi connectivity index (χ0) is 18.4. The Hall–Kier alpha value is -2.06. The van der Waals surface area contributed by atoms with Gasteiger partial charge in [-0.25, -0.2) is 9.69 Å². The number of carbonyl (C=O) groups is 3. The van der Waals surface area contributed by atoms with Crippen LogP contribution in [0, 0.1) is 0 Å². The van der Waals surface area contributed by atoms with Gasteiger partial charge in [-0.05, 0) is 38.1 Å². The summed E-state index contributed by atoms with van der Waals surface area (Å²) in [5.41, 5.74) is 4.27. The fourth-order valence-corrected chi connectivity index (χ4v) is 3.53. The van der Waals surface area contributed by atoms with E-state index in [2.05, 4.69) is 5.73 Å². The summed E-state index contributed by atoms with van der Waals surface area (Å²) in [7, 11) is 0. The Morgan fingerprint density at radius 1 is 1.28 bits per heavy atom. The minimum Gasteiger partial charge on any atom is -0.494 e. The van der Waals surface area contributed by atoms with E-state index in [4.69, 9.17) is 9.47 Å². The number of imide groups is 1. The van der Waals surface area contributed by atoms with Crippen molar-refractivity contribution in [1.29, 1.82) is 0 Å². The molecular formula is C17H23N2O5S+. The molecule has 1 fully saturated rings. The number of hydrogen-bond acceptors (Lipinski definition) is 6. The van der Waals surface area contributed by atoms with Gasteiger partial charge in [-0.3, -0.25) is 9.59 Å². The number of quaternary nitrogens is 1. The highest BCUT2D eigenvalue weighted by molar-refractivity contribution is 8.00. The number of esters is 1. The van der Waals surface area contributed by atoms with Gasteiger partial charge in [-0.15, -0.1) is 11.8 Å². The van der Waals surface area contributed by atoms with E-state index in [1.165, 1.54) is 16.7 Å². The van der Waals surface area contributed by atoms with Crippen molar-refractivity contribution >= 4 is 35.2 Å². The number of hydrogen-bond donors (Lipinski definition) is 1. The third kappa shape index (κ3) is 4.73. The number of rotatable bonds is 8. The molecule has 1 aliphatic heterocycles. The summed E-state index contributed by atoms with van der Waals surface area (Å²) < 4.78 is 10.3. The fourth-order valence-electron chi connectivity index (χ4n) is 2.42. The predicted molar refractivity (Wildman–Crippen MR) is 94.3 cm³/mol. The van der Waals surface area contributed by atoms with Crippen LogP contribution in [0.2, 0.25) is 0 Å². The molecule has 2 atom stereocenters. The van der Waals surface area contributed by atoms with Gasteiger partial charge in [0.1, 0.15) is 5.75 Å². The summed E-state index contributed by atoms with van der Waals surface area (Å²) in [6.45, 7) is 4.45. The summed E-state index contributed by atoms with van der Waals surface area (Å²) in [5.74, 6) is 0.110. The Bertz CT molecular complexity index is 634. The molecule has 1 aliphatic rings. The van der Waals surface area contributed by atoms with Crippen molar-refractivity contribution in [3.63, 3.8) is 0 Å². The van der Waals surface area contributed by atoms with E-state index in [0.29, 0.717) is 30.4 Å². The summed E-state index contributed by atoms with van der Waals surface area (Å²) >= 11 is 1.27. The molecule has 1 aromatic carbocycles. The van der Waals surface area contributed by atoms with Crippen molar-refractivity contribution in [3.8, 4) is 5.75 Å². The Morgan fingerprint density at radius 3 is 2.56 bits per heavy atom. The van der Waals surface area contributed by atoms with Crippen molar-refractivity contribution in [2.24, 2.45) is 0 Å². The van der Waals surface area contributed by atoms with Crippen molar-refractivity contribution in [2.75, 3.05) is 23.9 Å². The molecule has 8 heteroatoms. The van der Waals surface area contributed by atoms with E-state index in [0.717, 1.165) is 0 Å². The van der Waals surface area contributed by atoms with Crippen LogP contribution in [0.15, 0.2) is 24.3 Å². The molecule has 0 aliphatic carbocycles. The van der Waals surface area contributed by atoms with Crippen molar-refractivity contribution in [3.05, 3.63) is 24.3 Å².